The number of anilines is 1. The van der Waals surface area contributed by atoms with Crippen molar-refractivity contribution in [3.63, 3.8) is 0 Å². The highest BCUT2D eigenvalue weighted by atomic mass is 35.5. The number of ether oxygens (including phenoxy) is 1. The highest BCUT2D eigenvalue weighted by Crippen LogP contribution is 2.14. The van der Waals surface area contributed by atoms with Crippen LogP contribution in [0, 0.1) is 0 Å². The fourth-order valence-electron chi connectivity index (χ4n) is 2.11. The third-order valence-electron chi connectivity index (χ3n) is 3.55. The van der Waals surface area contributed by atoms with E-state index in [1.807, 2.05) is 5.43 Å². The predicted octanol–water partition coefficient (Wildman–Crippen LogP) is 0.401. The lowest BCUT2D eigenvalue weighted by molar-refractivity contribution is -0.139. The summed E-state index contributed by atoms with van der Waals surface area (Å²) in [5.41, 5.74) is 2.43. The molecule has 4 amide bonds. The van der Waals surface area contributed by atoms with Gasteiger partial charge in [0.15, 0.2) is 0 Å². The fourth-order valence-corrected chi connectivity index (χ4v) is 2.30. The van der Waals surface area contributed by atoms with Gasteiger partial charge in [-0.05, 0) is 30.3 Å². The summed E-state index contributed by atoms with van der Waals surface area (Å²) in [5, 5.41) is 11.2. The smallest absolute Gasteiger partial charge is 0.329 e. The number of nitrogens with one attached hydrogen (secondary N) is 4. The number of nitrogens with zero attached hydrogens (tertiary/aromatic N) is 1. The summed E-state index contributed by atoms with van der Waals surface area (Å²) in [4.78, 5) is 46.8. The summed E-state index contributed by atoms with van der Waals surface area (Å²) in [5.74, 6) is -2.92. The summed E-state index contributed by atoms with van der Waals surface area (Å²) in [6.07, 6.45) is 1.18. The first-order valence-electron chi connectivity index (χ1n) is 8.92. The van der Waals surface area contributed by atoms with E-state index in [-0.39, 0.29) is 25.5 Å². The summed E-state index contributed by atoms with van der Waals surface area (Å²) in [7, 11) is 1.47. The van der Waals surface area contributed by atoms with Gasteiger partial charge in [-0.2, -0.15) is 5.10 Å². The van der Waals surface area contributed by atoms with Crippen LogP contribution in [-0.2, 0) is 30.5 Å². The van der Waals surface area contributed by atoms with Crippen LogP contribution in [0.5, 0.6) is 0 Å². The van der Waals surface area contributed by atoms with Crippen molar-refractivity contribution in [2.45, 2.75) is 6.54 Å². The van der Waals surface area contributed by atoms with Gasteiger partial charge in [0.25, 0.3) is 0 Å². The first-order valence-corrected chi connectivity index (χ1v) is 9.30. The van der Waals surface area contributed by atoms with Crippen LogP contribution in [0.1, 0.15) is 11.5 Å². The van der Waals surface area contributed by atoms with Gasteiger partial charge in [0.1, 0.15) is 11.5 Å². The zero-order valence-electron chi connectivity index (χ0n) is 16.4. The molecule has 11 nitrogen and oxygen atoms in total. The Balaban J connectivity index is 1.76. The van der Waals surface area contributed by atoms with Gasteiger partial charge >= 0.3 is 23.6 Å². The van der Waals surface area contributed by atoms with Crippen molar-refractivity contribution in [1.82, 2.24) is 16.1 Å². The summed E-state index contributed by atoms with van der Waals surface area (Å²) in [6, 6.07) is 9.46. The van der Waals surface area contributed by atoms with Gasteiger partial charge in [-0.1, -0.05) is 17.7 Å². The topological polar surface area (TPSA) is 151 Å². The molecular weight excluding hydrogens is 430 g/mol. The number of halogens is 1. The quantitative estimate of drug-likeness (QED) is 0.198. The Morgan fingerprint density at radius 2 is 1.84 bits per heavy atom. The maximum Gasteiger partial charge on any atom is 0.329 e. The van der Waals surface area contributed by atoms with Crippen LogP contribution in [0.4, 0.5) is 5.69 Å². The second-order valence-electron chi connectivity index (χ2n) is 5.90. The first kappa shape index (κ1) is 23.6. The molecule has 0 spiro atoms. The van der Waals surface area contributed by atoms with Gasteiger partial charge in [-0.3, -0.25) is 19.2 Å². The van der Waals surface area contributed by atoms with Crippen LogP contribution in [0.15, 0.2) is 45.9 Å². The molecule has 12 heteroatoms. The van der Waals surface area contributed by atoms with Gasteiger partial charge in [0.2, 0.25) is 0 Å². The van der Waals surface area contributed by atoms with Crippen molar-refractivity contribution >= 4 is 47.1 Å². The summed E-state index contributed by atoms with van der Waals surface area (Å²) in [6.45, 7) is 0.414. The largest absolute Gasteiger partial charge is 0.458 e. The lowest BCUT2D eigenvalue weighted by Crippen LogP contribution is -2.39. The summed E-state index contributed by atoms with van der Waals surface area (Å²) < 4.78 is 10.1. The number of rotatable bonds is 8. The van der Waals surface area contributed by atoms with Crippen LogP contribution in [0.25, 0.3) is 0 Å². The second-order valence-corrected chi connectivity index (χ2v) is 6.34. The minimum absolute atomic E-state index is 0.0517. The highest BCUT2D eigenvalue weighted by Gasteiger charge is 2.14. The van der Waals surface area contributed by atoms with E-state index in [1.165, 1.54) is 25.5 Å². The number of hydrogen-bond acceptors (Lipinski definition) is 7. The van der Waals surface area contributed by atoms with Crippen molar-refractivity contribution in [3.8, 4) is 0 Å². The molecule has 2 rings (SSSR count). The van der Waals surface area contributed by atoms with Crippen LogP contribution in [-0.4, -0.2) is 50.1 Å². The third-order valence-corrected chi connectivity index (χ3v) is 3.79. The Hall–Kier alpha value is -3.70. The van der Waals surface area contributed by atoms with Crippen LogP contribution < -0.4 is 21.4 Å². The SMILES string of the molecule is COCCNC(=O)C(=O)N/N=C/c1ccc(CNC(=O)C(=O)Nc2cccc(Cl)c2)o1. The minimum Gasteiger partial charge on any atom is -0.458 e. The molecule has 1 aromatic heterocycles. The van der Waals surface area contributed by atoms with E-state index in [0.717, 1.165) is 0 Å². The van der Waals surface area contributed by atoms with E-state index in [1.54, 1.807) is 24.3 Å². The number of hydrazone groups is 1. The molecule has 0 bridgehead atoms. The van der Waals surface area contributed by atoms with Crippen LogP contribution in [0.2, 0.25) is 5.02 Å². The fraction of sp³-hybridized carbons (Fsp3) is 0.211. The molecule has 0 fully saturated rings. The van der Waals surface area contributed by atoms with Crippen molar-refractivity contribution < 1.29 is 28.3 Å². The average molecular weight is 450 g/mol. The number of carbonyl (C=O) groups excluding carboxylic acids is 4. The molecule has 1 aromatic carbocycles. The van der Waals surface area contributed by atoms with Gasteiger partial charge in [0, 0.05) is 24.4 Å². The molecule has 0 radical (unpaired) electrons. The maximum absolute atomic E-state index is 11.9. The van der Waals surface area contributed by atoms with Crippen molar-refractivity contribution in [3.05, 3.63) is 52.9 Å². The molecule has 0 aliphatic heterocycles. The molecule has 0 aliphatic rings. The van der Waals surface area contributed by atoms with E-state index in [9.17, 15) is 19.2 Å². The van der Waals surface area contributed by atoms with E-state index in [0.29, 0.717) is 16.5 Å². The van der Waals surface area contributed by atoms with Crippen molar-refractivity contribution in [2.24, 2.45) is 5.10 Å². The Morgan fingerprint density at radius 3 is 2.58 bits per heavy atom. The Bertz CT molecular complexity index is 974. The number of furan rings is 1. The minimum atomic E-state index is -0.947. The Morgan fingerprint density at radius 1 is 1.06 bits per heavy atom. The number of hydrogen-bond donors (Lipinski definition) is 4. The van der Waals surface area contributed by atoms with Gasteiger partial charge in [-0.15, -0.1) is 0 Å². The maximum atomic E-state index is 11.9. The van der Waals surface area contributed by atoms with E-state index >= 15 is 0 Å². The summed E-state index contributed by atoms with van der Waals surface area (Å²) >= 11 is 5.82. The first-order chi connectivity index (χ1) is 14.9. The monoisotopic (exact) mass is 449 g/mol. The van der Waals surface area contributed by atoms with E-state index in [2.05, 4.69) is 21.1 Å². The number of benzene rings is 1. The zero-order valence-corrected chi connectivity index (χ0v) is 17.2. The second kappa shape index (κ2) is 12.1. The van der Waals surface area contributed by atoms with Crippen LogP contribution in [0.3, 0.4) is 0 Å². The average Bonchev–Trinajstić information content (AvgIpc) is 3.19. The highest BCUT2D eigenvalue weighted by molar-refractivity contribution is 6.39. The lowest BCUT2D eigenvalue weighted by Gasteiger charge is -2.05. The molecule has 0 unspecified atom stereocenters. The molecule has 1 heterocycles. The Labute approximate surface area is 182 Å². The molecular formula is C19H20ClN5O6. The van der Waals surface area contributed by atoms with Gasteiger partial charge in [0.05, 0.1) is 19.4 Å². The predicted molar refractivity (Wildman–Crippen MR) is 111 cm³/mol. The standard InChI is InChI=1S/C19H20ClN5O6/c1-30-8-7-21-17(27)19(29)25-23-11-15-6-5-14(31-15)10-22-16(26)18(28)24-13-4-2-3-12(20)9-13/h2-6,9,11H,7-8,10H2,1H3,(H,21,27)(H,22,26)(H,24,28)(H,25,29)/b23-11+. The molecule has 4 N–H and O–H groups in total. The molecule has 164 valence electrons. The van der Waals surface area contributed by atoms with Crippen LogP contribution >= 0.6 is 11.6 Å². The number of methoxy groups -OCH3 is 1. The zero-order chi connectivity index (χ0) is 22.6. The molecule has 2 aromatic rings. The van der Waals surface area contributed by atoms with Crippen molar-refractivity contribution in [1.29, 1.82) is 0 Å². The molecule has 0 aliphatic carbocycles. The Kier molecular flexibility index (Phi) is 9.20. The lowest BCUT2D eigenvalue weighted by atomic mass is 10.3. The molecule has 0 saturated carbocycles. The number of carbonyl (C=O) groups is 4. The van der Waals surface area contributed by atoms with E-state index in [4.69, 9.17) is 20.8 Å². The van der Waals surface area contributed by atoms with Gasteiger partial charge < -0.3 is 25.1 Å². The van der Waals surface area contributed by atoms with Gasteiger partial charge in [-0.25, -0.2) is 5.43 Å². The molecule has 31 heavy (non-hydrogen) atoms. The number of amides is 4. The van der Waals surface area contributed by atoms with E-state index < -0.39 is 23.6 Å². The normalized spacial score (nSPS) is 10.5. The van der Waals surface area contributed by atoms with Crippen molar-refractivity contribution in [2.75, 3.05) is 25.6 Å². The third kappa shape index (κ3) is 8.28. The molecule has 0 saturated heterocycles. The molecule has 0 atom stereocenters.